The average Bonchev–Trinajstić information content (AvgIpc) is 3.09. The van der Waals surface area contributed by atoms with Crippen LogP contribution in [-0.4, -0.2) is 47.1 Å². The molecule has 1 fully saturated rings. The van der Waals surface area contributed by atoms with Gasteiger partial charge in [-0.1, -0.05) is 0 Å². The van der Waals surface area contributed by atoms with Gasteiger partial charge < -0.3 is 9.64 Å². The molecule has 1 aliphatic rings. The van der Waals surface area contributed by atoms with Gasteiger partial charge in [-0.2, -0.15) is 0 Å². The standard InChI is InChI=1S/C23H24FN5O/c1-16-15-28(12-13-30-16)22-9-4-18(14-26-22)23-27-21(10-11-25-3)17(2)29(23)20-7-5-19(24)6-8-20/h4-11,14,16H,3,12-13,15H2,1-2H3/b11-10-. The highest BCUT2D eigenvalue weighted by Gasteiger charge is 2.19. The van der Waals surface area contributed by atoms with E-state index in [9.17, 15) is 4.39 Å². The number of hydrogen-bond acceptors (Lipinski definition) is 5. The lowest BCUT2D eigenvalue weighted by atomic mass is 10.2. The van der Waals surface area contributed by atoms with Crippen LogP contribution < -0.4 is 4.90 Å². The summed E-state index contributed by atoms with van der Waals surface area (Å²) in [6.45, 7) is 9.86. The molecule has 1 aromatic carbocycles. The second-order valence-corrected chi connectivity index (χ2v) is 7.25. The lowest BCUT2D eigenvalue weighted by Crippen LogP contribution is -2.41. The fourth-order valence-corrected chi connectivity index (χ4v) is 3.63. The first-order valence-corrected chi connectivity index (χ1v) is 9.87. The summed E-state index contributed by atoms with van der Waals surface area (Å²) in [6.07, 6.45) is 5.43. The lowest BCUT2D eigenvalue weighted by molar-refractivity contribution is 0.0529. The van der Waals surface area contributed by atoms with Crippen LogP contribution in [0.3, 0.4) is 0 Å². The zero-order valence-electron chi connectivity index (χ0n) is 17.1. The highest BCUT2D eigenvalue weighted by atomic mass is 19.1. The molecule has 1 aliphatic heterocycles. The normalized spacial score (nSPS) is 16.9. The largest absolute Gasteiger partial charge is 0.375 e. The van der Waals surface area contributed by atoms with Crippen molar-refractivity contribution in [3.63, 3.8) is 0 Å². The monoisotopic (exact) mass is 405 g/mol. The third kappa shape index (κ3) is 4.02. The number of halogens is 1. The van der Waals surface area contributed by atoms with Crippen molar-refractivity contribution in [1.29, 1.82) is 0 Å². The molecule has 3 heterocycles. The molecule has 154 valence electrons. The number of morpholine rings is 1. The predicted octanol–water partition coefficient (Wildman–Crippen LogP) is 4.28. The number of aliphatic imine (C=N–C) groups is 1. The number of nitrogens with zero attached hydrogens (tertiary/aromatic N) is 5. The maximum atomic E-state index is 13.5. The molecule has 6 nitrogen and oxygen atoms in total. The summed E-state index contributed by atoms with van der Waals surface area (Å²) in [5, 5.41) is 0. The zero-order chi connectivity index (χ0) is 21.1. The van der Waals surface area contributed by atoms with Crippen molar-refractivity contribution < 1.29 is 9.13 Å². The van der Waals surface area contributed by atoms with Gasteiger partial charge in [0.05, 0.1) is 18.4 Å². The molecule has 30 heavy (non-hydrogen) atoms. The van der Waals surface area contributed by atoms with Crippen molar-refractivity contribution in [1.82, 2.24) is 14.5 Å². The molecule has 1 saturated heterocycles. The molecule has 0 aliphatic carbocycles. The van der Waals surface area contributed by atoms with E-state index >= 15 is 0 Å². The molecule has 1 atom stereocenters. The first-order chi connectivity index (χ1) is 14.6. The molecule has 7 heteroatoms. The highest BCUT2D eigenvalue weighted by Crippen LogP contribution is 2.28. The van der Waals surface area contributed by atoms with Gasteiger partial charge in [0.1, 0.15) is 17.5 Å². The van der Waals surface area contributed by atoms with E-state index in [0.29, 0.717) is 6.61 Å². The predicted molar refractivity (Wildman–Crippen MR) is 118 cm³/mol. The maximum Gasteiger partial charge on any atom is 0.147 e. The number of aromatic nitrogens is 3. The van der Waals surface area contributed by atoms with Gasteiger partial charge in [-0.25, -0.2) is 14.4 Å². The van der Waals surface area contributed by atoms with Gasteiger partial charge in [-0.3, -0.25) is 9.56 Å². The van der Waals surface area contributed by atoms with E-state index in [0.717, 1.165) is 47.4 Å². The van der Waals surface area contributed by atoms with E-state index in [4.69, 9.17) is 9.72 Å². The van der Waals surface area contributed by atoms with Crippen LogP contribution in [0.2, 0.25) is 0 Å². The number of benzene rings is 1. The van der Waals surface area contributed by atoms with Crippen LogP contribution in [0.15, 0.2) is 53.8 Å². The van der Waals surface area contributed by atoms with Gasteiger partial charge in [-0.05, 0) is 63.0 Å². The minimum Gasteiger partial charge on any atom is -0.375 e. The summed E-state index contributed by atoms with van der Waals surface area (Å²) >= 11 is 0. The number of ether oxygens (including phenoxy) is 1. The second-order valence-electron chi connectivity index (χ2n) is 7.25. The van der Waals surface area contributed by atoms with Crippen LogP contribution in [0, 0.1) is 12.7 Å². The Morgan fingerprint density at radius 1 is 1.23 bits per heavy atom. The molecule has 0 bridgehead atoms. The SMILES string of the molecule is C=N/C=C\c1nc(-c2ccc(N3CCOC(C)C3)nc2)n(-c2ccc(F)cc2)c1C. The van der Waals surface area contributed by atoms with E-state index in [2.05, 4.69) is 28.5 Å². The molecule has 0 saturated carbocycles. The molecule has 1 unspecified atom stereocenters. The molecule has 2 aromatic heterocycles. The van der Waals surface area contributed by atoms with E-state index in [1.54, 1.807) is 18.3 Å². The second kappa shape index (κ2) is 8.59. The van der Waals surface area contributed by atoms with E-state index in [1.165, 1.54) is 12.1 Å². The smallest absolute Gasteiger partial charge is 0.147 e. The highest BCUT2D eigenvalue weighted by molar-refractivity contribution is 5.65. The fourth-order valence-electron chi connectivity index (χ4n) is 3.63. The Balaban J connectivity index is 1.74. The fraction of sp³-hybridized carbons (Fsp3) is 0.261. The Morgan fingerprint density at radius 2 is 2.03 bits per heavy atom. The van der Waals surface area contributed by atoms with E-state index in [-0.39, 0.29) is 11.9 Å². The van der Waals surface area contributed by atoms with Gasteiger partial charge in [0.25, 0.3) is 0 Å². The van der Waals surface area contributed by atoms with Crippen molar-refractivity contribution in [2.45, 2.75) is 20.0 Å². The van der Waals surface area contributed by atoms with Crippen LogP contribution in [0.1, 0.15) is 18.3 Å². The van der Waals surface area contributed by atoms with Gasteiger partial charge in [0.2, 0.25) is 0 Å². The average molecular weight is 405 g/mol. The number of imidazole rings is 1. The number of hydrogen-bond donors (Lipinski definition) is 0. The Hall–Kier alpha value is -3.32. The van der Waals surface area contributed by atoms with Crippen molar-refractivity contribution in [3.05, 3.63) is 66.0 Å². The topological polar surface area (TPSA) is 55.5 Å². The Morgan fingerprint density at radius 3 is 2.70 bits per heavy atom. The maximum absolute atomic E-state index is 13.5. The summed E-state index contributed by atoms with van der Waals surface area (Å²) in [5.74, 6) is 1.37. The molecule has 0 radical (unpaired) electrons. The van der Waals surface area contributed by atoms with Gasteiger partial charge in [0.15, 0.2) is 0 Å². The molecule has 0 amide bonds. The van der Waals surface area contributed by atoms with Crippen LogP contribution >= 0.6 is 0 Å². The summed E-state index contributed by atoms with van der Waals surface area (Å²) in [6, 6.07) is 10.4. The molecule has 3 aromatic rings. The number of pyridine rings is 1. The van der Waals surface area contributed by atoms with Crippen molar-refractivity contribution in [3.8, 4) is 17.1 Å². The summed E-state index contributed by atoms with van der Waals surface area (Å²) in [7, 11) is 0. The molecule has 0 N–H and O–H groups in total. The zero-order valence-corrected chi connectivity index (χ0v) is 17.1. The third-order valence-corrected chi connectivity index (χ3v) is 5.14. The van der Waals surface area contributed by atoms with Crippen molar-refractivity contribution in [2.75, 3.05) is 24.6 Å². The first kappa shape index (κ1) is 20.0. The quantitative estimate of drug-likeness (QED) is 0.595. The summed E-state index contributed by atoms with van der Waals surface area (Å²) in [4.78, 5) is 15.5. The van der Waals surface area contributed by atoms with Crippen LogP contribution in [0.5, 0.6) is 0 Å². The summed E-state index contributed by atoms with van der Waals surface area (Å²) in [5.41, 5.74) is 3.39. The van der Waals surface area contributed by atoms with Gasteiger partial charge in [0, 0.05) is 42.4 Å². The van der Waals surface area contributed by atoms with Gasteiger partial charge in [-0.15, -0.1) is 0 Å². The Labute approximate surface area is 175 Å². The molecule has 4 rings (SSSR count). The Bertz CT molecular complexity index is 1060. The van der Waals surface area contributed by atoms with Crippen molar-refractivity contribution in [2.24, 2.45) is 4.99 Å². The van der Waals surface area contributed by atoms with Crippen LogP contribution in [0.25, 0.3) is 23.2 Å². The van der Waals surface area contributed by atoms with Crippen LogP contribution in [0.4, 0.5) is 10.2 Å². The minimum absolute atomic E-state index is 0.188. The third-order valence-electron chi connectivity index (χ3n) is 5.14. The first-order valence-electron chi connectivity index (χ1n) is 9.87. The summed E-state index contributed by atoms with van der Waals surface area (Å²) < 4.78 is 21.1. The number of anilines is 1. The van der Waals surface area contributed by atoms with Crippen LogP contribution in [-0.2, 0) is 4.74 Å². The van der Waals surface area contributed by atoms with Crippen molar-refractivity contribution >= 4 is 18.6 Å². The minimum atomic E-state index is -0.278. The Kier molecular flexibility index (Phi) is 5.72. The molecule has 0 spiro atoms. The number of rotatable bonds is 5. The van der Waals surface area contributed by atoms with E-state index in [1.807, 2.05) is 35.9 Å². The molecular formula is C23H24FN5O. The van der Waals surface area contributed by atoms with Gasteiger partial charge >= 0.3 is 0 Å². The molecular weight excluding hydrogens is 381 g/mol. The lowest BCUT2D eigenvalue weighted by Gasteiger charge is -2.32. The van der Waals surface area contributed by atoms with E-state index < -0.39 is 0 Å².